The molecule has 4 nitrogen and oxygen atoms in total. The fraction of sp³-hybridized carbons (Fsp3) is 0.174. The molecule has 0 bridgehead atoms. The molecule has 0 unspecified atom stereocenters. The molecule has 0 spiro atoms. The van der Waals surface area contributed by atoms with E-state index in [2.05, 4.69) is 47.1 Å². The van der Waals surface area contributed by atoms with Crippen LogP contribution < -0.4 is 10.5 Å². The molecule has 0 saturated carbocycles. The van der Waals surface area contributed by atoms with E-state index < -0.39 is 12.0 Å². The Morgan fingerprint density at radius 3 is 2.54 bits per heavy atom. The zero-order chi connectivity index (χ0) is 20.1. The van der Waals surface area contributed by atoms with E-state index in [9.17, 15) is 4.79 Å². The summed E-state index contributed by atoms with van der Waals surface area (Å²) in [5.74, 6) is -0.303. The number of carboxylic acids is 1. The average molecular weight is 440 g/mol. The summed E-state index contributed by atoms with van der Waals surface area (Å²) in [6, 6.07) is 21.1. The van der Waals surface area contributed by atoms with Gasteiger partial charge in [-0.05, 0) is 69.2 Å². The molecule has 0 saturated heterocycles. The number of rotatable bonds is 7. The predicted octanol–water partition coefficient (Wildman–Crippen LogP) is 4.96. The van der Waals surface area contributed by atoms with Crippen molar-refractivity contribution in [3.63, 3.8) is 0 Å². The molecule has 1 atom stereocenters. The van der Waals surface area contributed by atoms with Crippen LogP contribution in [-0.2, 0) is 17.8 Å². The van der Waals surface area contributed by atoms with Crippen molar-refractivity contribution in [1.82, 2.24) is 0 Å². The SMILES string of the molecule is Cc1c(COc2ccc(C[C@H](N)C(=O)O)cc2Br)cccc1-c1ccccc1. The summed E-state index contributed by atoms with van der Waals surface area (Å²) in [4.78, 5) is 10.9. The fourth-order valence-electron chi connectivity index (χ4n) is 3.06. The van der Waals surface area contributed by atoms with Gasteiger partial charge < -0.3 is 15.6 Å². The van der Waals surface area contributed by atoms with Gasteiger partial charge in [0.25, 0.3) is 0 Å². The van der Waals surface area contributed by atoms with Crippen LogP contribution in [0.1, 0.15) is 16.7 Å². The van der Waals surface area contributed by atoms with Crippen LogP contribution in [0.5, 0.6) is 5.75 Å². The smallest absolute Gasteiger partial charge is 0.320 e. The van der Waals surface area contributed by atoms with Crippen LogP contribution in [-0.4, -0.2) is 17.1 Å². The summed E-state index contributed by atoms with van der Waals surface area (Å²) >= 11 is 3.50. The van der Waals surface area contributed by atoms with Gasteiger partial charge in [0, 0.05) is 0 Å². The summed E-state index contributed by atoms with van der Waals surface area (Å²) in [7, 11) is 0. The number of hydrogen-bond donors (Lipinski definition) is 2. The lowest BCUT2D eigenvalue weighted by atomic mass is 9.97. The molecular formula is C23H22BrNO3. The number of nitrogens with two attached hydrogens (primary N) is 1. The van der Waals surface area contributed by atoms with Crippen LogP contribution >= 0.6 is 15.9 Å². The highest BCUT2D eigenvalue weighted by Gasteiger charge is 2.13. The molecule has 0 aliphatic rings. The Balaban J connectivity index is 1.73. The molecule has 3 aromatic carbocycles. The number of hydrogen-bond acceptors (Lipinski definition) is 3. The minimum Gasteiger partial charge on any atom is -0.488 e. The molecule has 3 aromatic rings. The molecule has 0 heterocycles. The highest BCUT2D eigenvalue weighted by atomic mass is 79.9. The minimum absolute atomic E-state index is 0.270. The second-order valence-corrected chi connectivity index (χ2v) is 7.51. The highest BCUT2D eigenvalue weighted by molar-refractivity contribution is 9.10. The molecule has 0 amide bonds. The molecule has 0 aliphatic carbocycles. The van der Waals surface area contributed by atoms with Gasteiger partial charge in [-0.1, -0.05) is 54.6 Å². The minimum atomic E-state index is -1.01. The fourth-order valence-corrected chi connectivity index (χ4v) is 3.60. The monoisotopic (exact) mass is 439 g/mol. The average Bonchev–Trinajstić information content (AvgIpc) is 2.69. The van der Waals surface area contributed by atoms with Gasteiger partial charge in [-0.3, -0.25) is 4.79 Å². The second-order valence-electron chi connectivity index (χ2n) is 6.66. The Bertz CT molecular complexity index is 973. The lowest BCUT2D eigenvalue weighted by Crippen LogP contribution is -2.32. The maximum Gasteiger partial charge on any atom is 0.320 e. The molecular weight excluding hydrogens is 418 g/mol. The molecule has 0 radical (unpaired) electrons. The molecule has 3 rings (SSSR count). The highest BCUT2D eigenvalue weighted by Crippen LogP contribution is 2.29. The molecule has 0 fully saturated rings. The summed E-state index contributed by atoms with van der Waals surface area (Å²) < 4.78 is 6.78. The molecule has 3 N–H and O–H groups in total. The van der Waals surface area contributed by atoms with Crippen molar-refractivity contribution in [2.45, 2.75) is 26.0 Å². The molecule has 144 valence electrons. The molecule has 0 aromatic heterocycles. The summed E-state index contributed by atoms with van der Waals surface area (Å²) in [6.45, 7) is 2.55. The van der Waals surface area contributed by atoms with Gasteiger partial charge in [-0.25, -0.2) is 0 Å². The maximum atomic E-state index is 10.9. The number of benzene rings is 3. The van der Waals surface area contributed by atoms with E-state index in [0.717, 1.165) is 15.6 Å². The first-order valence-electron chi connectivity index (χ1n) is 8.99. The second kappa shape index (κ2) is 9.04. The van der Waals surface area contributed by atoms with Crippen molar-refractivity contribution < 1.29 is 14.6 Å². The lowest BCUT2D eigenvalue weighted by molar-refractivity contribution is -0.138. The van der Waals surface area contributed by atoms with Crippen molar-refractivity contribution in [1.29, 1.82) is 0 Å². The number of carbonyl (C=O) groups is 1. The lowest BCUT2D eigenvalue weighted by Gasteiger charge is -2.14. The molecule has 0 aliphatic heterocycles. The maximum absolute atomic E-state index is 10.9. The quantitative estimate of drug-likeness (QED) is 0.545. The van der Waals surface area contributed by atoms with Gasteiger partial charge in [0.05, 0.1) is 4.47 Å². The van der Waals surface area contributed by atoms with E-state index in [1.165, 1.54) is 16.7 Å². The van der Waals surface area contributed by atoms with Gasteiger partial charge in [0.1, 0.15) is 18.4 Å². The third-order valence-corrected chi connectivity index (χ3v) is 5.30. The Labute approximate surface area is 173 Å². The topological polar surface area (TPSA) is 72.5 Å². The van der Waals surface area contributed by atoms with Crippen molar-refractivity contribution in [3.8, 4) is 16.9 Å². The van der Waals surface area contributed by atoms with Gasteiger partial charge in [-0.2, -0.15) is 0 Å². The van der Waals surface area contributed by atoms with Gasteiger partial charge in [0.15, 0.2) is 0 Å². The molecule has 28 heavy (non-hydrogen) atoms. The third-order valence-electron chi connectivity index (χ3n) is 4.68. The summed E-state index contributed by atoms with van der Waals surface area (Å²) in [5, 5.41) is 8.95. The van der Waals surface area contributed by atoms with Crippen molar-refractivity contribution in [3.05, 3.63) is 87.9 Å². The van der Waals surface area contributed by atoms with E-state index in [0.29, 0.717) is 12.4 Å². The zero-order valence-corrected chi connectivity index (χ0v) is 17.1. The predicted molar refractivity (Wildman–Crippen MR) is 114 cm³/mol. The summed E-state index contributed by atoms with van der Waals surface area (Å²) in [5.41, 5.74) is 11.1. The van der Waals surface area contributed by atoms with E-state index in [1.54, 1.807) is 0 Å². The van der Waals surface area contributed by atoms with E-state index in [-0.39, 0.29) is 6.42 Å². The molecule has 5 heteroatoms. The Kier molecular flexibility index (Phi) is 6.49. The van der Waals surface area contributed by atoms with Crippen molar-refractivity contribution in [2.75, 3.05) is 0 Å². The van der Waals surface area contributed by atoms with Crippen molar-refractivity contribution >= 4 is 21.9 Å². The normalized spacial score (nSPS) is 11.8. The van der Waals surface area contributed by atoms with Gasteiger partial charge in [0.2, 0.25) is 0 Å². The van der Waals surface area contributed by atoms with E-state index in [1.807, 2.05) is 42.5 Å². The van der Waals surface area contributed by atoms with E-state index in [4.69, 9.17) is 15.6 Å². The van der Waals surface area contributed by atoms with E-state index >= 15 is 0 Å². The van der Waals surface area contributed by atoms with Crippen LogP contribution in [0.2, 0.25) is 0 Å². The first kappa shape index (κ1) is 20.1. The first-order chi connectivity index (χ1) is 13.5. The van der Waals surface area contributed by atoms with Crippen molar-refractivity contribution in [2.24, 2.45) is 5.73 Å². The van der Waals surface area contributed by atoms with Crippen LogP contribution in [0, 0.1) is 6.92 Å². The van der Waals surface area contributed by atoms with Gasteiger partial charge in [-0.15, -0.1) is 0 Å². The Morgan fingerprint density at radius 2 is 1.86 bits per heavy atom. The first-order valence-corrected chi connectivity index (χ1v) is 9.78. The number of ether oxygens (including phenoxy) is 1. The third kappa shape index (κ3) is 4.80. The Hall–Kier alpha value is -2.63. The zero-order valence-electron chi connectivity index (χ0n) is 15.6. The Morgan fingerprint density at radius 1 is 1.11 bits per heavy atom. The largest absolute Gasteiger partial charge is 0.488 e. The standard InChI is InChI=1S/C23H22BrNO3/c1-15-18(8-5-9-19(15)17-6-3-2-4-7-17)14-28-22-11-10-16(12-20(22)24)13-21(25)23(26)27/h2-12,21H,13-14,25H2,1H3,(H,26,27)/t21-/m0/s1. The number of halogens is 1. The van der Waals surface area contributed by atoms with Crippen LogP contribution in [0.25, 0.3) is 11.1 Å². The summed E-state index contributed by atoms with van der Waals surface area (Å²) in [6.07, 6.45) is 0.270. The van der Waals surface area contributed by atoms with Crippen LogP contribution in [0.3, 0.4) is 0 Å². The van der Waals surface area contributed by atoms with Gasteiger partial charge >= 0.3 is 5.97 Å². The van der Waals surface area contributed by atoms with Crippen LogP contribution in [0.4, 0.5) is 0 Å². The van der Waals surface area contributed by atoms with Crippen LogP contribution in [0.15, 0.2) is 71.2 Å². The number of aliphatic carboxylic acids is 1. The number of carboxylic acid groups (broad SMARTS) is 1.